The number of fused-ring (bicyclic) bond motifs is 1. The summed E-state index contributed by atoms with van der Waals surface area (Å²) in [4.78, 5) is 4.64. The van der Waals surface area contributed by atoms with Gasteiger partial charge in [-0.1, -0.05) is 28.8 Å². The van der Waals surface area contributed by atoms with Crippen molar-refractivity contribution in [3.8, 4) is 0 Å². The molecule has 1 aliphatic rings. The van der Waals surface area contributed by atoms with Gasteiger partial charge in [-0.2, -0.15) is 0 Å². The van der Waals surface area contributed by atoms with Gasteiger partial charge in [-0.25, -0.2) is 4.98 Å². The lowest BCUT2D eigenvalue weighted by molar-refractivity contribution is 0.458. The molecule has 0 amide bonds. The molecule has 0 N–H and O–H groups in total. The van der Waals surface area contributed by atoms with Crippen molar-refractivity contribution in [1.29, 1.82) is 0 Å². The van der Waals surface area contributed by atoms with E-state index in [2.05, 4.69) is 43.7 Å². The first-order chi connectivity index (χ1) is 8.78. The summed E-state index contributed by atoms with van der Waals surface area (Å²) in [5.74, 6) is 2.28. The predicted molar refractivity (Wildman–Crippen MR) is 78.9 cm³/mol. The highest BCUT2D eigenvalue weighted by atomic mass is 79.9. The van der Waals surface area contributed by atoms with Crippen LogP contribution in [0.15, 0.2) is 22.7 Å². The van der Waals surface area contributed by atoms with E-state index in [1.807, 2.05) is 0 Å². The summed E-state index contributed by atoms with van der Waals surface area (Å²) in [6.07, 6.45) is 5.44. The molecule has 0 bridgehead atoms. The highest BCUT2D eigenvalue weighted by Gasteiger charge is 2.18. The molecule has 0 saturated heterocycles. The molecule has 2 nitrogen and oxygen atoms in total. The fourth-order valence-corrected chi connectivity index (χ4v) is 3.46. The summed E-state index contributed by atoms with van der Waals surface area (Å²) >= 11 is 9.53. The zero-order chi connectivity index (χ0) is 12.5. The van der Waals surface area contributed by atoms with Gasteiger partial charge in [-0.3, -0.25) is 0 Å². The Morgan fingerprint density at radius 1 is 1.33 bits per heavy atom. The zero-order valence-electron chi connectivity index (χ0n) is 10.2. The summed E-state index contributed by atoms with van der Waals surface area (Å²) in [5.41, 5.74) is 2.25. The van der Waals surface area contributed by atoms with Crippen LogP contribution in [0.3, 0.4) is 0 Å². The van der Waals surface area contributed by atoms with Crippen LogP contribution < -0.4 is 0 Å². The van der Waals surface area contributed by atoms with Crippen LogP contribution in [0.5, 0.6) is 0 Å². The maximum Gasteiger partial charge on any atom is 0.124 e. The average Bonchev–Trinajstić information content (AvgIpc) is 2.97. The van der Waals surface area contributed by atoms with Crippen molar-refractivity contribution in [2.45, 2.75) is 38.1 Å². The molecule has 2 aromatic rings. The Kier molecular flexibility index (Phi) is 3.62. The largest absolute Gasteiger partial charge is 0.327 e. The topological polar surface area (TPSA) is 17.8 Å². The van der Waals surface area contributed by atoms with Crippen LogP contribution in [0.4, 0.5) is 0 Å². The van der Waals surface area contributed by atoms with Crippen LogP contribution in [0.1, 0.15) is 31.5 Å². The van der Waals surface area contributed by atoms with Gasteiger partial charge >= 0.3 is 0 Å². The number of aromatic nitrogens is 2. The first kappa shape index (κ1) is 12.5. The Bertz CT molecular complexity index is 558. The summed E-state index contributed by atoms with van der Waals surface area (Å²) < 4.78 is 3.38. The van der Waals surface area contributed by atoms with Crippen LogP contribution in [0.2, 0.25) is 0 Å². The van der Waals surface area contributed by atoms with E-state index < -0.39 is 0 Å². The zero-order valence-corrected chi connectivity index (χ0v) is 12.5. The molecular weight excluding hydrogens is 312 g/mol. The van der Waals surface area contributed by atoms with Crippen LogP contribution in [-0.2, 0) is 12.4 Å². The van der Waals surface area contributed by atoms with Gasteiger partial charge in [0.15, 0.2) is 0 Å². The molecule has 1 aromatic heterocycles. The molecule has 0 radical (unpaired) electrons. The van der Waals surface area contributed by atoms with Crippen molar-refractivity contribution in [3.05, 3.63) is 28.5 Å². The second-order valence-electron chi connectivity index (χ2n) is 5.06. The second kappa shape index (κ2) is 5.22. The smallest absolute Gasteiger partial charge is 0.124 e. The Morgan fingerprint density at radius 2 is 2.11 bits per heavy atom. The third-order valence-corrected chi connectivity index (χ3v) is 4.56. The van der Waals surface area contributed by atoms with Gasteiger partial charge in [0, 0.05) is 11.0 Å². The van der Waals surface area contributed by atoms with Gasteiger partial charge < -0.3 is 4.57 Å². The molecule has 96 valence electrons. The number of benzene rings is 1. The summed E-state index contributed by atoms with van der Waals surface area (Å²) in [7, 11) is 0. The molecule has 3 rings (SSSR count). The van der Waals surface area contributed by atoms with Gasteiger partial charge in [0.25, 0.3) is 0 Å². The normalized spacial score (nSPS) is 16.8. The Labute approximate surface area is 120 Å². The SMILES string of the molecule is ClCc1nc2cc(Br)ccc2n1CC1CCCC1. The fourth-order valence-electron chi connectivity index (χ4n) is 2.91. The first-order valence-corrected chi connectivity index (χ1v) is 7.81. The molecule has 0 unspecified atom stereocenters. The number of rotatable bonds is 3. The average molecular weight is 328 g/mol. The Morgan fingerprint density at radius 3 is 2.83 bits per heavy atom. The third kappa shape index (κ3) is 2.30. The number of hydrogen-bond donors (Lipinski definition) is 0. The van der Waals surface area contributed by atoms with Gasteiger partial charge in [-0.15, -0.1) is 11.6 Å². The Hall–Kier alpha value is -0.540. The summed E-state index contributed by atoms with van der Waals surface area (Å²) in [6, 6.07) is 6.28. The van der Waals surface area contributed by atoms with Gasteiger partial charge in [0.1, 0.15) is 5.82 Å². The highest BCUT2D eigenvalue weighted by Crippen LogP contribution is 2.29. The van der Waals surface area contributed by atoms with Crippen molar-refractivity contribution in [3.63, 3.8) is 0 Å². The minimum absolute atomic E-state index is 0.485. The molecule has 0 aliphatic heterocycles. The molecule has 0 atom stereocenters. The summed E-state index contributed by atoms with van der Waals surface area (Å²) in [6.45, 7) is 1.07. The standard InChI is InChI=1S/C14H16BrClN2/c15-11-5-6-13-12(7-11)17-14(8-16)18(13)9-10-3-1-2-4-10/h5-7,10H,1-4,8-9H2. The molecule has 0 spiro atoms. The summed E-state index contributed by atoms with van der Waals surface area (Å²) in [5, 5.41) is 0. The van der Waals surface area contributed by atoms with Crippen molar-refractivity contribution >= 4 is 38.6 Å². The van der Waals surface area contributed by atoms with Crippen LogP contribution in [0.25, 0.3) is 11.0 Å². The van der Waals surface area contributed by atoms with Gasteiger partial charge in [0.05, 0.1) is 16.9 Å². The van der Waals surface area contributed by atoms with Crippen molar-refractivity contribution < 1.29 is 0 Å². The lowest BCUT2D eigenvalue weighted by atomic mass is 10.1. The van der Waals surface area contributed by atoms with Crippen molar-refractivity contribution in [2.24, 2.45) is 5.92 Å². The fraction of sp³-hybridized carbons (Fsp3) is 0.500. The van der Waals surface area contributed by atoms with E-state index in [0.29, 0.717) is 5.88 Å². The molecule has 1 aliphatic carbocycles. The molecule has 1 fully saturated rings. The van der Waals surface area contributed by atoms with Gasteiger partial charge in [0.2, 0.25) is 0 Å². The predicted octanol–water partition coefficient (Wildman–Crippen LogP) is 4.73. The lowest BCUT2D eigenvalue weighted by Gasteiger charge is -2.13. The second-order valence-corrected chi connectivity index (χ2v) is 6.24. The van der Waals surface area contributed by atoms with E-state index in [4.69, 9.17) is 11.6 Å². The first-order valence-electron chi connectivity index (χ1n) is 6.48. The van der Waals surface area contributed by atoms with Crippen LogP contribution in [0, 0.1) is 5.92 Å². The van der Waals surface area contributed by atoms with E-state index in [1.54, 1.807) is 0 Å². The van der Waals surface area contributed by atoms with Crippen molar-refractivity contribution in [2.75, 3.05) is 0 Å². The number of nitrogens with zero attached hydrogens (tertiary/aromatic N) is 2. The minimum atomic E-state index is 0.485. The molecular formula is C14H16BrClN2. The molecule has 1 saturated carbocycles. The van der Waals surface area contributed by atoms with E-state index in [0.717, 1.165) is 28.3 Å². The Balaban J connectivity index is 2.01. The maximum absolute atomic E-state index is 6.03. The van der Waals surface area contributed by atoms with Gasteiger partial charge in [-0.05, 0) is 37.0 Å². The van der Waals surface area contributed by atoms with E-state index in [-0.39, 0.29) is 0 Å². The van der Waals surface area contributed by atoms with E-state index in [1.165, 1.54) is 31.2 Å². The van der Waals surface area contributed by atoms with Crippen molar-refractivity contribution in [1.82, 2.24) is 9.55 Å². The minimum Gasteiger partial charge on any atom is -0.327 e. The van der Waals surface area contributed by atoms with Crippen LogP contribution >= 0.6 is 27.5 Å². The van der Waals surface area contributed by atoms with Crippen LogP contribution in [-0.4, -0.2) is 9.55 Å². The monoisotopic (exact) mass is 326 g/mol. The molecule has 18 heavy (non-hydrogen) atoms. The highest BCUT2D eigenvalue weighted by molar-refractivity contribution is 9.10. The molecule has 1 aromatic carbocycles. The molecule has 1 heterocycles. The maximum atomic E-state index is 6.03. The number of hydrogen-bond acceptors (Lipinski definition) is 1. The number of halogens is 2. The third-order valence-electron chi connectivity index (χ3n) is 3.82. The van der Waals surface area contributed by atoms with E-state index in [9.17, 15) is 0 Å². The number of imidazole rings is 1. The molecule has 4 heteroatoms. The van der Waals surface area contributed by atoms with E-state index >= 15 is 0 Å². The number of alkyl halides is 1. The lowest BCUT2D eigenvalue weighted by Crippen LogP contribution is -2.09. The quantitative estimate of drug-likeness (QED) is 0.745.